The van der Waals surface area contributed by atoms with Crippen molar-refractivity contribution in [2.75, 3.05) is 7.11 Å². The Bertz CT molecular complexity index is 2150. The standard InChI is InChI=1S/C41H32ClN5O3/c1-28-25-36(37(38(42)43-28)40(48)49-2)50-27-29-23-24-34(30-15-7-3-8-16-30)35(26-29)39-44-46-47(45-39)41(31-17-9-4-10-18-31,32-19-11-5-12-20-32)33-21-13-6-14-22-33/h3-26H,27H2,1-2H3. The van der Waals surface area contributed by atoms with Gasteiger partial charge in [-0.25, -0.2) is 9.78 Å². The Hall–Kier alpha value is -6.12. The Morgan fingerprint density at radius 2 is 1.30 bits per heavy atom. The van der Waals surface area contributed by atoms with Crippen LogP contribution in [-0.2, 0) is 16.9 Å². The van der Waals surface area contributed by atoms with Crippen LogP contribution in [0, 0.1) is 6.92 Å². The molecule has 0 saturated heterocycles. The molecule has 2 aromatic heterocycles. The van der Waals surface area contributed by atoms with Crippen LogP contribution in [0.25, 0.3) is 22.5 Å². The largest absolute Gasteiger partial charge is 0.488 e. The molecule has 0 aliphatic rings. The molecular weight excluding hydrogens is 646 g/mol. The normalized spacial score (nSPS) is 11.3. The van der Waals surface area contributed by atoms with Crippen LogP contribution in [0.1, 0.15) is 38.3 Å². The molecule has 0 amide bonds. The zero-order chi connectivity index (χ0) is 34.5. The number of rotatable bonds is 10. The molecule has 0 spiro atoms. The lowest BCUT2D eigenvalue weighted by Crippen LogP contribution is -2.39. The van der Waals surface area contributed by atoms with E-state index < -0.39 is 11.5 Å². The first-order chi connectivity index (χ1) is 24.5. The molecule has 50 heavy (non-hydrogen) atoms. The molecule has 0 radical (unpaired) electrons. The van der Waals surface area contributed by atoms with Crippen molar-refractivity contribution in [2.45, 2.75) is 19.1 Å². The van der Waals surface area contributed by atoms with Crippen molar-refractivity contribution in [3.8, 4) is 28.3 Å². The molecule has 0 fully saturated rings. The van der Waals surface area contributed by atoms with E-state index in [0.717, 1.165) is 38.9 Å². The molecule has 7 aromatic rings. The first-order valence-corrected chi connectivity index (χ1v) is 16.4. The van der Waals surface area contributed by atoms with Crippen molar-refractivity contribution in [3.63, 3.8) is 0 Å². The van der Waals surface area contributed by atoms with Crippen molar-refractivity contribution in [3.05, 3.63) is 184 Å². The molecule has 9 heteroatoms. The van der Waals surface area contributed by atoms with Gasteiger partial charge in [0.1, 0.15) is 23.1 Å². The first-order valence-electron chi connectivity index (χ1n) is 16.0. The fourth-order valence-electron chi connectivity index (χ4n) is 6.25. The van der Waals surface area contributed by atoms with Crippen LogP contribution in [0.5, 0.6) is 5.75 Å². The number of pyridine rings is 1. The number of carbonyl (C=O) groups is 1. The molecule has 246 valence electrons. The van der Waals surface area contributed by atoms with Crippen molar-refractivity contribution >= 4 is 17.6 Å². The number of halogens is 1. The van der Waals surface area contributed by atoms with Gasteiger partial charge >= 0.3 is 5.97 Å². The number of esters is 1. The zero-order valence-electron chi connectivity index (χ0n) is 27.4. The Labute approximate surface area is 294 Å². The summed E-state index contributed by atoms with van der Waals surface area (Å²) < 4.78 is 11.1. The number of carbonyl (C=O) groups excluding carboxylic acids is 1. The first kappa shape index (κ1) is 32.4. The summed E-state index contributed by atoms with van der Waals surface area (Å²) in [4.78, 5) is 18.5. The molecule has 0 N–H and O–H groups in total. The lowest BCUT2D eigenvalue weighted by Gasteiger charge is -2.34. The summed E-state index contributed by atoms with van der Waals surface area (Å²) in [6, 6.07) is 48.4. The smallest absolute Gasteiger partial charge is 0.344 e. The van der Waals surface area contributed by atoms with Crippen LogP contribution in [0.2, 0.25) is 5.15 Å². The molecule has 0 saturated carbocycles. The highest BCUT2D eigenvalue weighted by molar-refractivity contribution is 6.32. The number of hydrogen-bond donors (Lipinski definition) is 0. The topological polar surface area (TPSA) is 92.0 Å². The second kappa shape index (κ2) is 14.2. The van der Waals surface area contributed by atoms with Crippen LogP contribution in [-0.4, -0.2) is 38.3 Å². The van der Waals surface area contributed by atoms with Gasteiger partial charge in [0, 0.05) is 17.3 Å². The molecule has 5 aromatic carbocycles. The monoisotopic (exact) mass is 677 g/mol. The molecule has 8 nitrogen and oxygen atoms in total. The number of tetrazole rings is 1. The minimum absolute atomic E-state index is 0.0199. The van der Waals surface area contributed by atoms with E-state index in [4.69, 9.17) is 36.5 Å². The quantitative estimate of drug-likeness (QED) is 0.0814. The highest BCUT2D eigenvalue weighted by atomic mass is 35.5. The summed E-state index contributed by atoms with van der Waals surface area (Å²) in [6.07, 6.45) is 0. The molecule has 0 bridgehead atoms. The summed E-state index contributed by atoms with van der Waals surface area (Å²) in [5, 5.41) is 14.7. The van der Waals surface area contributed by atoms with Gasteiger partial charge < -0.3 is 9.47 Å². The van der Waals surface area contributed by atoms with E-state index in [2.05, 4.69) is 41.4 Å². The van der Waals surface area contributed by atoms with Gasteiger partial charge in [0.2, 0.25) is 5.82 Å². The molecule has 7 rings (SSSR count). The number of aryl methyl sites for hydroxylation is 1. The fourth-order valence-corrected chi connectivity index (χ4v) is 6.56. The van der Waals surface area contributed by atoms with Crippen LogP contribution >= 0.6 is 11.6 Å². The van der Waals surface area contributed by atoms with E-state index in [1.165, 1.54) is 7.11 Å². The maximum atomic E-state index is 12.6. The number of aromatic nitrogens is 5. The molecular formula is C41H32ClN5O3. The Balaban J connectivity index is 1.37. The summed E-state index contributed by atoms with van der Waals surface area (Å²) >= 11 is 6.34. The van der Waals surface area contributed by atoms with Gasteiger partial charge in [0.15, 0.2) is 5.54 Å². The highest BCUT2D eigenvalue weighted by Crippen LogP contribution is 2.40. The molecule has 0 unspecified atom stereocenters. The van der Waals surface area contributed by atoms with Gasteiger partial charge in [-0.15, -0.1) is 15.0 Å². The van der Waals surface area contributed by atoms with Gasteiger partial charge in [-0.3, -0.25) is 0 Å². The molecule has 0 aliphatic carbocycles. The summed E-state index contributed by atoms with van der Waals surface area (Å²) in [6.45, 7) is 1.91. The van der Waals surface area contributed by atoms with E-state index in [9.17, 15) is 4.79 Å². The van der Waals surface area contributed by atoms with Crippen LogP contribution in [0.3, 0.4) is 0 Å². The van der Waals surface area contributed by atoms with E-state index in [-0.39, 0.29) is 23.1 Å². The number of hydrogen-bond acceptors (Lipinski definition) is 7. The summed E-state index contributed by atoms with van der Waals surface area (Å²) in [7, 11) is 1.29. The van der Waals surface area contributed by atoms with Crippen molar-refractivity contribution in [2.24, 2.45) is 0 Å². The summed E-state index contributed by atoms with van der Waals surface area (Å²) in [5.74, 6) is 0.0959. The van der Waals surface area contributed by atoms with E-state index in [1.54, 1.807) is 17.8 Å². The second-order valence-corrected chi connectivity index (χ2v) is 12.0. The van der Waals surface area contributed by atoms with Crippen molar-refractivity contribution < 1.29 is 14.3 Å². The Morgan fingerprint density at radius 1 is 0.740 bits per heavy atom. The van der Waals surface area contributed by atoms with Crippen LogP contribution in [0.15, 0.2) is 146 Å². The van der Waals surface area contributed by atoms with E-state index in [0.29, 0.717) is 11.5 Å². The Morgan fingerprint density at radius 3 is 1.86 bits per heavy atom. The SMILES string of the molecule is COC(=O)c1c(OCc2ccc(-c3ccccc3)c(-c3nnn(C(c4ccccc4)(c4ccccc4)c4ccccc4)n3)c2)cc(C)nc1Cl. The van der Waals surface area contributed by atoms with E-state index >= 15 is 0 Å². The number of methoxy groups -OCH3 is 1. The minimum Gasteiger partial charge on any atom is -0.488 e. The molecule has 0 atom stereocenters. The van der Waals surface area contributed by atoms with Gasteiger partial charge in [-0.2, -0.15) is 0 Å². The lowest BCUT2D eigenvalue weighted by molar-refractivity contribution is 0.0595. The lowest BCUT2D eigenvalue weighted by atomic mass is 9.77. The molecule has 0 aliphatic heterocycles. The van der Waals surface area contributed by atoms with Gasteiger partial charge in [-0.1, -0.05) is 145 Å². The zero-order valence-corrected chi connectivity index (χ0v) is 28.2. The third-order valence-electron chi connectivity index (χ3n) is 8.55. The predicted molar refractivity (Wildman–Crippen MR) is 193 cm³/mol. The second-order valence-electron chi connectivity index (χ2n) is 11.7. The fraction of sp³-hybridized carbons (Fsp3) is 0.0976. The van der Waals surface area contributed by atoms with Crippen molar-refractivity contribution in [1.29, 1.82) is 0 Å². The third-order valence-corrected chi connectivity index (χ3v) is 8.82. The maximum absolute atomic E-state index is 12.6. The van der Waals surface area contributed by atoms with Crippen LogP contribution in [0.4, 0.5) is 0 Å². The predicted octanol–water partition coefficient (Wildman–Crippen LogP) is 8.57. The minimum atomic E-state index is -0.925. The molecule has 2 heterocycles. The van der Waals surface area contributed by atoms with Gasteiger partial charge in [0.05, 0.1) is 7.11 Å². The summed E-state index contributed by atoms with van der Waals surface area (Å²) in [5.41, 5.74) is 6.22. The highest BCUT2D eigenvalue weighted by Gasteiger charge is 2.41. The van der Waals surface area contributed by atoms with Crippen LogP contribution < -0.4 is 4.74 Å². The van der Waals surface area contributed by atoms with Crippen molar-refractivity contribution in [1.82, 2.24) is 25.2 Å². The number of benzene rings is 5. The van der Waals surface area contributed by atoms with E-state index in [1.807, 2.05) is 103 Å². The van der Waals surface area contributed by atoms with Gasteiger partial charge in [0.25, 0.3) is 0 Å². The third kappa shape index (κ3) is 6.13. The van der Waals surface area contributed by atoms with Gasteiger partial charge in [-0.05, 0) is 51.6 Å². The number of nitrogens with zero attached hydrogens (tertiary/aromatic N) is 5. The number of ether oxygens (including phenoxy) is 2. The average molecular weight is 678 g/mol. The average Bonchev–Trinajstić information content (AvgIpc) is 3.66. The maximum Gasteiger partial charge on any atom is 0.344 e. The Kier molecular flexibility index (Phi) is 9.18.